The molecule has 0 aliphatic carbocycles. The summed E-state index contributed by atoms with van der Waals surface area (Å²) in [5.74, 6) is -0.504. The molecule has 1 atom stereocenters. The maximum absolute atomic E-state index is 12.1. The number of aromatic nitrogens is 1. The number of carbonyl (C=O) groups excluding carboxylic acids is 1. The molecule has 2 heterocycles. The molecule has 0 aromatic carbocycles. The zero-order valence-corrected chi connectivity index (χ0v) is 11.5. The molecule has 1 aliphatic rings. The lowest BCUT2D eigenvalue weighted by Gasteiger charge is -2.32. The first-order valence-electron chi connectivity index (χ1n) is 6.84. The first kappa shape index (κ1) is 14.3. The highest BCUT2D eigenvalue weighted by Gasteiger charge is 2.22. The van der Waals surface area contributed by atoms with Crippen LogP contribution in [0.25, 0.3) is 0 Å². The van der Waals surface area contributed by atoms with Gasteiger partial charge in [0.1, 0.15) is 0 Å². The van der Waals surface area contributed by atoms with Crippen molar-refractivity contribution in [2.75, 3.05) is 18.4 Å². The predicted molar refractivity (Wildman–Crippen MR) is 74.8 cm³/mol. The van der Waals surface area contributed by atoms with E-state index in [0.717, 1.165) is 32.4 Å². The number of urea groups is 1. The Labute approximate surface area is 117 Å². The zero-order valence-electron chi connectivity index (χ0n) is 11.5. The van der Waals surface area contributed by atoms with Crippen molar-refractivity contribution < 1.29 is 14.7 Å². The number of carbonyl (C=O) groups is 2. The van der Waals surface area contributed by atoms with Gasteiger partial charge in [-0.2, -0.15) is 0 Å². The van der Waals surface area contributed by atoms with Crippen LogP contribution in [0.5, 0.6) is 0 Å². The maximum Gasteiger partial charge on any atom is 0.337 e. The number of nitrogens with one attached hydrogen (secondary N) is 1. The van der Waals surface area contributed by atoms with Gasteiger partial charge in [0.25, 0.3) is 0 Å². The topological polar surface area (TPSA) is 82.5 Å². The van der Waals surface area contributed by atoms with E-state index in [1.54, 1.807) is 4.90 Å². The third kappa shape index (κ3) is 3.46. The third-order valence-corrected chi connectivity index (χ3v) is 3.62. The summed E-state index contributed by atoms with van der Waals surface area (Å²) in [6.45, 7) is 3.63. The van der Waals surface area contributed by atoms with Crippen LogP contribution in [0.1, 0.15) is 36.5 Å². The van der Waals surface area contributed by atoms with Crippen LogP contribution in [0.3, 0.4) is 0 Å². The molecule has 1 unspecified atom stereocenters. The van der Waals surface area contributed by atoms with E-state index in [2.05, 4.69) is 17.2 Å². The van der Waals surface area contributed by atoms with Crippen LogP contribution in [-0.4, -0.2) is 40.1 Å². The number of anilines is 1. The summed E-state index contributed by atoms with van der Waals surface area (Å²) in [6, 6.07) is 1.22. The minimum Gasteiger partial charge on any atom is -0.478 e. The Balaban J connectivity index is 2.00. The number of hydrogen-bond acceptors (Lipinski definition) is 3. The lowest BCUT2D eigenvalue weighted by Crippen LogP contribution is -2.42. The van der Waals surface area contributed by atoms with Gasteiger partial charge in [0.05, 0.1) is 17.4 Å². The van der Waals surface area contributed by atoms with Gasteiger partial charge in [0.2, 0.25) is 0 Å². The van der Waals surface area contributed by atoms with E-state index in [1.807, 2.05) is 0 Å². The Bertz CT molecular complexity index is 504. The van der Waals surface area contributed by atoms with Crippen LogP contribution < -0.4 is 5.32 Å². The number of carboxylic acid groups (broad SMARTS) is 1. The normalized spacial score (nSPS) is 18.6. The van der Waals surface area contributed by atoms with Gasteiger partial charge in [-0.1, -0.05) is 13.3 Å². The third-order valence-electron chi connectivity index (χ3n) is 3.62. The quantitative estimate of drug-likeness (QED) is 0.889. The van der Waals surface area contributed by atoms with Gasteiger partial charge >= 0.3 is 12.0 Å². The first-order valence-corrected chi connectivity index (χ1v) is 6.84. The molecule has 20 heavy (non-hydrogen) atoms. The molecule has 0 saturated carbocycles. The van der Waals surface area contributed by atoms with E-state index in [0.29, 0.717) is 11.6 Å². The number of pyridine rings is 1. The molecule has 0 radical (unpaired) electrons. The summed E-state index contributed by atoms with van der Waals surface area (Å²) in [7, 11) is 0. The molecule has 1 saturated heterocycles. The molecule has 0 spiro atoms. The van der Waals surface area contributed by atoms with Gasteiger partial charge < -0.3 is 15.3 Å². The Kier molecular flexibility index (Phi) is 4.55. The second-order valence-electron chi connectivity index (χ2n) is 5.06. The number of likely N-dealkylation sites (tertiary alicyclic amines) is 1. The van der Waals surface area contributed by atoms with Crippen molar-refractivity contribution >= 4 is 17.7 Å². The number of aromatic carboxylic acids is 1. The van der Waals surface area contributed by atoms with Gasteiger partial charge in [0, 0.05) is 19.3 Å². The van der Waals surface area contributed by atoms with Crippen molar-refractivity contribution in [3.63, 3.8) is 0 Å². The van der Waals surface area contributed by atoms with E-state index in [1.165, 1.54) is 18.5 Å². The molecule has 108 valence electrons. The van der Waals surface area contributed by atoms with Crippen molar-refractivity contribution in [2.24, 2.45) is 5.92 Å². The molecule has 1 fully saturated rings. The minimum atomic E-state index is -1.06. The van der Waals surface area contributed by atoms with E-state index < -0.39 is 5.97 Å². The summed E-state index contributed by atoms with van der Waals surface area (Å²) in [4.78, 5) is 28.6. The molecular weight excluding hydrogens is 258 g/mol. The van der Waals surface area contributed by atoms with Crippen LogP contribution in [0.15, 0.2) is 18.5 Å². The summed E-state index contributed by atoms with van der Waals surface area (Å²) in [5.41, 5.74) is 0.474. The molecule has 6 heteroatoms. The highest BCUT2D eigenvalue weighted by molar-refractivity contribution is 5.92. The Hall–Kier alpha value is -2.11. The van der Waals surface area contributed by atoms with Gasteiger partial charge in [-0.25, -0.2) is 9.59 Å². The lowest BCUT2D eigenvalue weighted by atomic mass is 9.96. The van der Waals surface area contributed by atoms with E-state index in [-0.39, 0.29) is 11.6 Å². The highest BCUT2D eigenvalue weighted by atomic mass is 16.4. The molecule has 2 amide bonds. The van der Waals surface area contributed by atoms with Gasteiger partial charge in [-0.05, 0) is 24.8 Å². The standard InChI is InChI=1S/C14H19N3O3/c1-2-10-4-3-5-17(9-10)14(20)16-12-6-11(13(18)19)7-15-8-12/h6-8,10H,2-5,9H2,1H3,(H,16,20)(H,18,19). The minimum absolute atomic E-state index is 0.0629. The van der Waals surface area contributed by atoms with Crippen molar-refractivity contribution in [1.29, 1.82) is 0 Å². The molecule has 6 nitrogen and oxygen atoms in total. The largest absolute Gasteiger partial charge is 0.478 e. The van der Waals surface area contributed by atoms with Gasteiger partial charge in [-0.15, -0.1) is 0 Å². The fourth-order valence-corrected chi connectivity index (χ4v) is 2.41. The molecule has 2 N–H and O–H groups in total. The fraction of sp³-hybridized carbons (Fsp3) is 0.500. The SMILES string of the molecule is CCC1CCCN(C(=O)Nc2cncc(C(=O)O)c2)C1. The number of piperidine rings is 1. The summed E-state index contributed by atoms with van der Waals surface area (Å²) < 4.78 is 0. The Morgan fingerprint density at radius 3 is 3.00 bits per heavy atom. The number of amides is 2. The van der Waals surface area contributed by atoms with Crippen LogP contribution >= 0.6 is 0 Å². The van der Waals surface area contributed by atoms with Crippen LogP contribution in [0.2, 0.25) is 0 Å². The van der Waals surface area contributed by atoms with E-state index in [4.69, 9.17) is 5.11 Å². The molecule has 2 rings (SSSR count). The predicted octanol–water partition coefficient (Wildman–Crippen LogP) is 2.43. The Morgan fingerprint density at radius 1 is 1.50 bits per heavy atom. The molecule has 1 aromatic heterocycles. The van der Waals surface area contributed by atoms with Crippen molar-refractivity contribution in [3.8, 4) is 0 Å². The zero-order chi connectivity index (χ0) is 14.5. The monoisotopic (exact) mass is 277 g/mol. The van der Waals surface area contributed by atoms with Crippen molar-refractivity contribution in [3.05, 3.63) is 24.0 Å². The molecule has 1 aromatic rings. The van der Waals surface area contributed by atoms with Gasteiger partial charge in [0.15, 0.2) is 0 Å². The number of hydrogen-bond donors (Lipinski definition) is 2. The molecular formula is C14H19N3O3. The average Bonchev–Trinajstić information content (AvgIpc) is 2.47. The van der Waals surface area contributed by atoms with Gasteiger partial charge in [-0.3, -0.25) is 4.98 Å². The lowest BCUT2D eigenvalue weighted by molar-refractivity contribution is 0.0696. The average molecular weight is 277 g/mol. The highest BCUT2D eigenvalue weighted by Crippen LogP contribution is 2.20. The molecule has 1 aliphatic heterocycles. The number of rotatable bonds is 3. The van der Waals surface area contributed by atoms with E-state index in [9.17, 15) is 9.59 Å². The maximum atomic E-state index is 12.1. The summed E-state index contributed by atoms with van der Waals surface area (Å²) >= 11 is 0. The number of nitrogens with zero attached hydrogens (tertiary/aromatic N) is 2. The fourth-order valence-electron chi connectivity index (χ4n) is 2.41. The van der Waals surface area contributed by atoms with Crippen LogP contribution in [0.4, 0.5) is 10.5 Å². The van der Waals surface area contributed by atoms with Crippen molar-refractivity contribution in [1.82, 2.24) is 9.88 Å². The van der Waals surface area contributed by atoms with Crippen molar-refractivity contribution in [2.45, 2.75) is 26.2 Å². The first-order chi connectivity index (χ1) is 9.60. The second kappa shape index (κ2) is 6.36. The smallest absolute Gasteiger partial charge is 0.337 e. The second-order valence-corrected chi connectivity index (χ2v) is 5.06. The number of carboxylic acids is 1. The summed E-state index contributed by atoms with van der Waals surface area (Å²) in [5, 5.41) is 11.6. The van der Waals surface area contributed by atoms with Crippen LogP contribution in [0, 0.1) is 5.92 Å². The van der Waals surface area contributed by atoms with E-state index >= 15 is 0 Å². The summed E-state index contributed by atoms with van der Waals surface area (Å²) in [6.07, 6.45) is 5.95. The van der Waals surface area contributed by atoms with Crippen LogP contribution in [-0.2, 0) is 0 Å². The Morgan fingerprint density at radius 2 is 2.30 bits per heavy atom. The molecule has 0 bridgehead atoms.